The Morgan fingerprint density at radius 1 is 1.12 bits per heavy atom. The van der Waals surface area contributed by atoms with Crippen molar-refractivity contribution < 1.29 is 0 Å². The van der Waals surface area contributed by atoms with Crippen LogP contribution in [0.2, 0.25) is 0 Å². The lowest BCUT2D eigenvalue weighted by Gasteiger charge is -2.19. The molecule has 1 nitrogen and oxygen atoms in total. The summed E-state index contributed by atoms with van der Waals surface area (Å²) in [6.45, 7) is 8.93. The molecule has 1 aliphatic rings. The van der Waals surface area contributed by atoms with Crippen LogP contribution in [0.3, 0.4) is 0 Å². The van der Waals surface area contributed by atoms with Crippen molar-refractivity contribution in [2.45, 2.75) is 52.0 Å². The third-order valence-corrected chi connectivity index (χ3v) is 3.26. The first-order chi connectivity index (χ1) is 7.47. The van der Waals surface area contributed by atoms with Crippen molar-refractivity contribution in [1.29, 1.82) is 0 Å². The molecule has 1 unspecified atom stereocenters. The van der Waals surface area contributed by atoms with Crippen LogP contribution in [0.1, 0.15) is 51.7 Å². The SMILES string of the molecule is CC1CCC(c2ccc(C(C)(C)C)cc2)=N1. The molecule has 1 aromatic rings. The first-order valence-electron chi connectivity index (χ1n) is 6.14. The third-order valence-electron chi connectivity index (χ3n) is 3.26. The Kier molecular flexibility index (Phi) is 2.88. The van der Waals surface area contributed by atoms with Gasteiger partial charge in [-0.2, -0.15) is 0 Å². The van der Waals surface area contributed by atoms with E-state index in [2.05, 4.69) is 57.0 Å². The van der Waals surface area contributed by atoms with Crippen molar-refractivity contribution in [1.82, 2.24) is 0 Å². The van der Waals surface area contributed by atoms with Crippen molar-refractivity contribution in [2.24, 2.45) is 4.99 Å². The molecule has 0 saturated heterocycles. The number of rotatable bonds is 1. The van der Waals surface area contributed by atoms with Gasteiger partial charge in [0, 0.05) is 11.8 Å². The van der Waals surface area contributed by atoms with Gasteiger partial charge in [-0.1, -0.05) is 45.0 Å². The largest absolute Gasteiger partial charge is 0.286 e. The second-order valence-corrected chi connectivity index (χ2v) is 5.79. The van der Waals surface area contributed by atoms with Crippen LogP contribution in [0.15, 0.2) is 29.3 Å². The van der Waals surface area contributed by atoms with E-state index in [1.807, 2.05) is 0 Å². The fourth-order valence-corrected chi connectivity index (χ4v) is 2.12. The Balaban J connectivity index is 2.23. The summed E-state index contributed by atoms with van der Waals surface area (Å²) in [5, 5.41) is 0. The van der Waals surface area contributed by atoms with Gasteiger partial charge in [-0.15, -0.1) is 0 Å². The first-order valence-corrected chi connectivity index (χ1v) is 6.14. The lowest BCUT2D eigenvalue weighted by molar-refractivity contribution is 0.590. The predicted octanol–water partition coefficient (Wildman–Crippen LogP) is 3.96. The number of hydrogen-bond donors (Lipinski definition) is 0. The van der Waals surface area contributed by atoms with Gasteiger partial charge >= 0.3 is 0 Å². The van der Waals surface area contributed by atoms with Crippen LogP contribution in [0.4, 0.5) is 0 Å². The van der Waals surface area contributed by atoms with Gasteiger partial charge in [-0.25, -0.2) is 0 Å². The highest BCUT2D eigenvalue weighted by Gasteiger charge is 2.16. The molecule has 0 fully saturated rings. The quantitative estimate of drug-likeness (QED) is 0.672. The summed E-state index contributed by atoms with van der Waals surface area (Å²) in [6.07, 6.45) is 2.34. The molecule has 1 aromatic carbocycles. The molecule has 0 saturated carbocycles. The topological polar surface area (TPSA) is 12.4 Å². The summed E-state index contributed by atoms with van der Waals surface area (Å²) in [5.74, 6) is 0. The number of aliphatic imine (C=N–C) groups is 1. The van der Waals surface area contributed by atoms with Crippen LogP contribution < -0.4 is 0 Å². The lowest BCUT2D eigenvalue weighted by Crippen LogP contribution is -2.11. The van der Waals surface area contributed by atoms with Crippen molar-refractivity contribution in [3.63, 3.8) is 0 Å². The Bertz CT molecular complexity index is 392. The number of hydrogen-bond acceptors (Lipinski definition) is 1. The molecule has 1 atom stereocenters. The molecule has 0 bridgehead atoms. The first kappa shape index (κ1) is 11.4. The zero-order chi connectivity index (χ0) is 11.8. The van der Waals surface area contributed by atoms with Gasteiger partial charge in [0.05, 0.1) is 0 Å². The number of nitrogens with zero attached hydrogens (tertiary/aromatic N) is 1. The summed E-state index contributed by atoms with van der Waals surface area (Å²) >= 11 is 0. The van der Waals surface area contributed by atoms with Gasteiger partial charge in [0.2, 0.25) is 0 Å². The summed E-state index contributed by atoms with van der Waals surface area (Å²) in [4.78, 5) is 4.67. The van der Waals surface area contributed by atoms with Crippen molar-refractivity contribution >= 4 is 5.71 Å². The Morgan fingerprint density at radius 2 is 1.75 bits per heavy atom. The van der Waals surface area contributed by atoms with Crippen molar-refractivity contribution in [3.8, 4) is 0 Å². The molecule has 1 aliphatic heterocycles. The minimum absolute atomic E-state index is 0.239. The van der Waals surface area contributed by atoms with E-state index in [1.165, 1.54) is 23.3 Å². The normalized spacial score (nSPS) is 21.0. The van der Waals surface area contributed by atoms with E-state index in [-0.39, 0.29) is 5.41 Å². The highest BCUT2D eigenvalue weighted by Crippen LogP contribution is 2.24. The van der Waals surface area contributed by atoms with E-state index >= 15 is 0 Å². The minimum Gasteiger partial charge on any atom is -0.286 e. The minimum atomic E-state index is 0.239. The van der Waals surface area contributed by atoms with Crippen molar-refractivity contribution in [2.75, 3.05) is 0 Å². The Morgan fingerprint density at radius 3 is 2.19 bits per heavy atom. The second kappa shape index (κ2) is 4.04. The second-order valence-electron chi connectivity index (χ2n) is 5.79. The molecule has 1 heteroatoms. The summed E-state index contributed by atoms with van der Waals surface area (Å²) < 4.78 is 0. The van der Waals surface area contributed by atoms with Crippen LogP contribution in [0, 0.1) is 0 Å². The van der Waals surface area contributed by atoms with Gasteiger partial charge < -0.3 is 0 Å². The van der Waals surface area contributed by atoms with Gasteiger partial charge in [0.15, 0.2) is 0 Å². The third kappa shape index (κ3) is 2.34. The molecule has 0 radical (unpaired) electrons. The summed E-state index contributed by atoms with van der Waals surface area (Å²) in [5.41, 5.74) is 4.22. The van der Waals surface area contributed by atoms with Crippen LogP contribution in [-0.2, 0) is 5.41 Å². The molecule has 0 amide bonds. The molecule has 0 aromatic heterocycles. The average Bonchev–Trinajstić information content (AvgIpc) is 2.64. The monoisotopic (exact) mass is 215 g/mol. The molecular weight excluding hydrogens is 194 g/mol. The van der Waals surface area contributed by atoms with Gasteiger partial charge in [-0.05, 0) is 36.3 Å². The van der Waals surface area contributed by atoms with Crippen LogP contribution in [0.25, 0.3) is 0 Å². The van der Waals surface area contributed by atoms with Gasteiger partial charge in [0.1, 0.15) is 0 Å². The van der Waals surface area contributed by atoms with Gasteiger partial charge in [-0.3, -0.25) is 4.99 Å². The van der Waals surface area contributed by atoms with Gasteiger partial charge in [0.25, 0.3) is 0 Å². The molecule has 0 aliphatic carbocycles. The number of benzene rings is 1. The summed E-state index contributed by atoms with van der Waals surface area (Å²) in [6, 6.07) is 9.42. The fourth-order valence-electron chi connectivity index (χ4n) is 2.12. The average molecular weight is 215 g/mol. The zero-order valence-electron chi connectivity index (χ0n) is 10.7. The summed E-state index contributed by atoms with van der Waals surface area (Å²) in [7, 11) is 0. The van der Waals surface area contributed by atoms with E-state index in [4.69, 9.17) is 0 Å². The smallest absolute Gasteiger partial charge is 0.0478 e. The Hall–Kier alpha value is -1.11. The standard InChI is InChI=1S/C15H21N/c1-11-5-10-14(16-11)12-6-8-13(9-7-12)15(2,3)4/h6-9,11H,5,10H2,1-4H3. The Labute approximate surface area is 98.6 Å². The van der Waals surface area contributed by atoms with Crippen LogP contribution >= 0.6 is 0 Å². The predicted molar refractivity (Wildman–Crippen MR) is 70.4 cm³/mol. The van der Waals surface area contributed by atoms with Crippen LogP contribution in [-0.4, -0.2) is 11.8 Å². The highest BCUT2D eigenvalue weighted by molar-refractivity contribution is 6.01. The highest BCUT2D eigenvalue weighted by atomic mass is 14.8. The van der Waals surface area contributed by atoms with E-state index in [0.29, 0.717) is 6.04 Å². The van der Waals surface area contributed by atoms with E-state index in [0.717, 1.165) is 6.42 Å². The fraction of sp³-hybridized carbons (Fsp3) is 0.533. The zero-order valence-corrected chi connectivity index (χ0v) is 10.7. The molecule has 1 heterocycles. The van der Waals surface area contributed by atoms with Crippen molar-refractivity contribution in [3.05, 3.63) is 35.4 Å². The molecular formula is C15H21N. The van der Waals surface area contributed by atoms with E-state index < -0.39 is 0 Å². The molecule has 16 heavy (non-hydrogen) atoms. The maximum Gasteiger partial charge on any atom is 0.0478 e. The maximum atomic E-state index is 4.67. The lowest BCUT2D eigenvalue weighted by atomic mass is 9.86. The molecule has 0 N–H and O–H groups in total. The van der Waals surface area contributed by atoms with Crippen LogP contribution in [0.5, 0.6) is 0 Å². The molecule has 86 valence electrons. The maximum absolute atomic E-state index is 4.67. The van der Waals surface area contributed by atoms with E-state index in [1.54, 1.807) is 0 Å². The molecule has 0 spiro atoms. The van der Waals surface area contributed by atoms with E-state index in [9.17, 15) is 0 Å². The molecule has 2 rings (SSSR count).